The summed E-state index contributed by atoms with van der Waals surface area (Å²) in [5.41, 5.74) is 9.11. The molecule has 0 spiro atoms. The fourth-order valence-electron chi connectivity index (χ4n) is 2.83. The van der Waals surface area contributed by atoms with Gasteiger partial charge in [0, 0.05) is 29.4 Å². The van der Waals surface area contributed by atoms with Gasteiger partial charge in [-0.2, -0.15) is 4.98 Å². The van der Waals surface area contributed by atoms with Gasteiger partial charge in [0.1, 0.15) is 5.65 Å². The van der Waals surface area contributed by atoms with Gasteiger partial charge in [-0.15, -0.1) is 0 Å². The van der Waals surface area contributed by atoms with Crippen LogP contribution in [0.25, 0.3) is 22.2 Å². The van der Waals surface area contributed by atoms with E-state index in [1.807, 2.05) is 12.3 Å². The first kappa shape index (κ1) is 11.5. The molecule has 1 aromatic carbocycles. The molecule has 0 amide bonds. The quantitative estimate of drug-likeness (QED) is 0.771. The lowest BCUT2D eigenvalue weighted by molar-refractivity contribution is 0.320. The Morgan fingerprint density at radius 2 is 1.95 bits per heavy atom. The monoisotopic (exact) mass is 264 g/mol. The number of benzene rings is 1. The van der Waals surface area contributed by atoms with Gasteiger partial charge in [-0.1, -0.05) is 30.3 Å². The minimum absolute atomic E-state index is 0.343. The maximum Gasteiger partial charge on any atom is 0.221 e. The molecule has 100 valence electrons. The van der Waals surface area contributed by atoms with Crippen LogP contribution >= 0.6 is 0 Å². The third kappa shape index (κ3) is 1.68. The van der Waals surface area contributed by atoms with Crippen LogP contribution in [0.4, 0.5) is 5.95 Å². The molecule has 0 aliphatic heterocycles. The van der Waals surface area contributed by atoms with Crippen molar-refractivity contribution >= 4 is 17.0 Å². The van der Waals surface area contributed by atoms with Crippen molar-refractivity contribution < 1.29 is 0 Å². The van der Waals surface area contributed by atoms with Gasteiger partial charge in [0.25, 0.3) is 0 Å². The molecule has 4 rings (SSSR count). The van der Waals surface area contributed by atoms with Gasteiger partial charge in [0.05, 0.1) is 0 Å². The summed E-state index contributed by atoms with van der Waals surface area (Å²) < 4.78 is 2.28. The normalized spacial score (nSPS) is 15.4. The van der Waals surface area contributed by atoms with E-state index in [1.54, 1.807) is 0 Å². The fraction of sp³-hybridized carbons (Fsp3) is 0.250. The van der Waals surface area contributed by atoms with Gasteiger partial charge in [-0.25, -0.2) is 4.98 Å². The van der Waals surface area contributed by atoms with Crippen LogP contribution in [0.5, 0.6) is 0 Å². The van der Waals surface area contributed by atoms with Crippen LogP contribution in [0.15, 0.2) is 42.7 Å². The van der Waals surface area contributed by atoms with Gasteiger partial charge in [-0.05, 0) is 24.8 Å². The molecular formula is C16H16N4. The molecule has 1 aliphatic rings. The molecule has 1 saturated carbocycles. The number of hydrogen-bond donors (Lipinski definition) is 1. The Balaban J connectivity index is 1.97. The van der Waals surface area contributed by atoms with E-state index in [9.17, 15) is 0 Å². The Morgan fingerprint density at radius 3 is 2.65 bits per heavy atom. The highest BCUT2D eigenvalue weighted by atomic mass is 15.1. The standard InChI is InChI=1S/C16H16N4/c17-16-18-9-13-14(11-5-2-1-3-6-11)10-20(15(13)19-16)12-7-4-8-12/h1-3,5-6,9-10,12H,4,7-8H2,(H2,17,18,19). The lowest BCUT2D eigenvalue weighted by atomic mass is 9.93. The van der Waals surface area contributed by atoms with Crippen molar-refractivity contribution in [3.8, 4) is 11.1 Å². The van der Waals surface area contributed by atoms with Gasteiger partial charge < -0.3 is 10.3 Å². The minimum atomic E-state index is 0.343. The van der Waals surface area contributed by atoms with Gasteiger partial charge in [0.15, 0.2) is 0 Å². The molecule has 1 fully saturated rings. The number of fused-ring (bicyclic) bond motifs is 1. The zero-order valence-electron chi connectivity index (χ0n) is 11.2. The highest BCUT2D eigenvalue weighted by molar-refractivity contribution is 5.94. The third-order valence-corrected chi connectivity index (χ3v) is 4.14. The van der Waals surface area contributed by atoms with Crippen molar-refractivity contribution in [1.82, 2.24) is 14.5 Å². The van der Waals surface area contributed by atoms with Gasteiger partial charge in [-0.3, -0.25) is 0 Å². The van der Waals surface area contributed by atoms with E-state index in [0.717, 1.165) is 11.0 Å². The summed E-state index contributed by atoms with van der Waals surface area (Å²) in [6, 6.07) is 10.9. The van der Waals surface area contributed by atoms with Crippen molar-refractivity contribution in [3.63, 3.8) is 0 Å². The molecule has 0 bridgehead atoms. The molecule has 2 aromatic heterocycles. The van der Waals surface area contributed by atoms with Crippen LogP contribution in [0.1, 0.15) is 25.3 Å². The van der Waals surface area contributed by atoms with E-state index in [2.05, 4.69) is 45.0 Å². The Labute approximate surface area is 117 Å². The van der Waals surface area contributed by atoms with Gasteiger partial charge in [0.2, 0.25) is 5.95 Å². The second-order valence-electron chi connectivity index (χ2n) is 5.37. The zero-order valence-corrected chi connectivity index (χ0v) is 11.2. The second-order valence-corrected chi connectivity index (χ2v) is 5.37. The summed E-state index contributed by atoms with van der Waals surface area (Å²) in [4.78, 5) is 8.62. The highest BCUT2D eigenvalue weighted by Gasteiger charge is 2.23. The number of aromatic nitrogens is 3. The second kappa shape index (κ2) is 4.34. The van der Waals surface area contributed by atoms with E-state index in [0.29, 0.717) is 12.0 Å². The Kier molecular flexibility index (Phi) is 2.49. The van der Waals surface area contributed by atoms with Crippen LogP contribution in [-0.2, 0) is 0 Å². The zero-order chi connectivity index (χ0) is 13.5. The SMILES string of the molecule is Nc1ncc2c(-c3ccccc3)cn(C3CCC3)c2n1. The molecule has 20 heavy (non-hydrogen) atoms. The van der Waals surface area contributed by atoms with Crippen molar-refractivity contribution in [1.29, 1.82) is 0 Å². The number of nitrogen functional groups attached to an aromatic ring is 1. The van der Waals surface area contributed by atoms with Crippen LogP contribution in [0, 0.1) is 0 Å². The summed E-state index contributed by atoms with van der Waals surface area (Å²) in [5.74, 6) is 0.343. The van der Waals surface area contributed by atoms with Crippen molar-refractivity contribution in [2.75, 3.05) is 5.73 Å². The average molecular weight is 264 g/mol. The van der Waals surface area contributed by atoms with E-state index in [4.69, 9.17) is 5.73 Å². The molecule has 2 N–H and O–H groups in total. The number of nitrogens with two attached hydrogens (primary N) is 1. The molecule has 1 aliphatic carbocycles. The molecule has 4 nitrogen and oxygen atoms in total. The van der Waals surface area contributed by atoms with Crippen LogP contribution in [-0.4, -0.2) is 14.5 Å². The Morgan fingerprint density at radius 1 is 1.15 bits per heavy atom. The molecule has 3 aromatic rings. The van der Waals surface area contributed by atoms with Crippen molar-refractivity contribution in [3.05, 3.63) is 42.7 Å². The van der Waals surface area contributed by atoms with Crippen molar-refractivity contribution in [2.45, 2.75) is 25.3 Å². The smallest absolute Gasteiger partial charge is 0.221 e. The summed E-state index contributed by atoms with van der Waals surface area (Å²) in [5, 5.41) is 1.08. The molecule has 0 unspecified atom stereocenters. The number of nitrogens with zero attached hydrogens (tertiary/aromatic N) is 3. The number of hydrogen-bond acceptors (Lipinski definition) is 3. The maximum atomic E-state index is 5.76. The minimum Gasteiger partial charge on any atom is -0.368 e. The molecule has 0 saturated heterocycles. The first-order valence-electron chi connectivity index (χ1n) is 7.01. The Bertz CT molecular complexity index is 757. The van der Waals surface area contributed by atoms with Gasteiger partial charge >= 0.3 is 0 Å². The van der Waals surface area contributed by atoms with Crippen LogP contribution in [0.3, 0.4) is 0 Å². The summed E-state index contributed by atoms with van der Waals surface area (Å²) in [7, 11) is 0. The first-order chi connectivity index (χ1) is 9.83. The predicted molar refractivity (Wildman–Crippen MR) is 80.3 cm³/mol. The van der Waals surface area contributed by atoms with E-state index in [1.165, 1.54) is 30.4 Å². The largest absolute Gasteiger partial charge is 0.368 e. The summed E-state index contributed by atoms with van der Waals surface area (Å²) in [6.07, 6.45) is 7.79. The van der Waals surface area contributed by atoms with E-state index >= 15 is 0 Å². The third-order valence-electron chi connectivity index (χ3n) is 4.14. The molecule has 4 heteroatoms. The molecule has 0 radical (unpaired) electrons. The van der Waals surface area contributed by atoms with E-state index in [-0.39, 0.29) is 0 Å². The molecular weight excluding hydrogens is 248 g/mol. The number of anilines is 1. The maximum absolute atomic E-state index is 5.76. The predicted octanol–water partition coefficient (Wildman–Crippen LogP) is 3.41. The summed E-state index contributed by atoms with van der Waals surface area (Å²) in [6.45, 7) is 0. The lowest BCUT2D eigenvalue weighted by Crippen LogP contribution is -2.16. The first-order valence-corrected chi connectivity index (χ1v) is 7.01. The summed E-state index contributed by atoms with van der Waals surface area (Å²) >= 11 is 0. The van der Waals surface area contributed by atoms with Crippen molar-refractivity contribution in [2.24, 2.45) is 0 Å². The average Bonchev–Trinajstić information content (AvgIpc) is 2.77. The van der Waals surface area contributed by atoms with E-state index < -0.39 is 0 Å². The topological polar surface area (TPSA) is 56.7 Å². The highest BCUT2D eigenvalue weighted by Crippen LogP contribution is 2.38. The van der Waals surface area contributed by atoms with Crippen LogP contribution in [0.2, 0.25) is 0 Å². The number of rotatable bonds is 2. The Hall–Kier alpha value is -2.36. The molecule has 0 atom stereocenters. The fourth-order valence-corrected chi connectivity index (χ4v) is 2.83. The lowest BCUT2D eigenvalue weighted by Gasteiger charge is -2.27. The molecule has 2 heterocycles. The van der Waals surface area contributed by atoms with Crippen LogP contribution < -0.4 is 5.73 Å².